The van der Waals surface area contributed by atoms with Crippen LogP contribution in [0.15, 0.2) is 12.3 Å². The molecule has 19 heavy (non-hydrogen) atoms. The van der Waals surface area contributed by atoms with E-state index in [2.05, 4.69) is 20.4 Å². The summed E-state index contributed by atoms with van der Waals surface area (Å²) in [4.78, 5) is 20.4. The maximum atomic E-state index is 12.1. The fourth-order valence-corrected chi connectivity index (χ4v) is 2.50. The van der Waals surface area contributed by atoms with Crippen LogP contribution in [0.2, 0.25) is 0 Å². The van der Waals surface area contributed by atoms with Crippen LogP contribution in [0.5, 0.6) is 0 Å². The molecule has 1 N–H and O–H groups in total. The lowest BCUT2D eigenvalue weighted by atomic mass is 9.95. The van der Waals surface area contributed by atoms with Crippen LogP contribution >= 0.6 is 0 Å². The molecule has 0 unspecified atom stereocenters. The molecule has 2 aromatic heterocycles. The zero-order chi connectivity index (χ0) is 13.2. The van der Waals surface area contributed by atoms with E-state index in [0.717, 1.165) is 18.5 Å². The predicted molar refractivity (Wildman–Crippen MR) is 69.9 cm³/mol. The normalized spacial score (nSPS) is 16.7. The quantitative estimate of drug-likeness (QED) is 0.887. The van der Waals surface area contributed by atoms with Crippen LogP contribution in [0, 0.1) is 6.92 Å². The molecule has 2 heterocycles. The molecule has 3 rings (SSSR count). The first-order chi connectivity index (χ1) is 9.24. The summed E-state index contributed by atoms with van der Waals surface area (Å²) in [6, 6.07) is 2.10. The number of fused-ring (bicyclic) bond motifs is 1. The van der Waals surface area contributed by atoms with Crippen LogP contribution in [0.25, 0.3) is 5.78 Å². The maximum absolute atomic E-state index is 12.1. The molecule has 1 aliphatic rings. The molecule has 0 aromatic carbocycles. The highest BCUT2D eigenvalue weighted by atomic mass is 16.2. The minimum atomic E-state index is -0.197. The third kappa shape index (κ3) is 2.43. The lowest BCUT2D eigenvalue weighted by Gasteiger charge is -2.21. The molecule has 0 atom stereocenters. The third-order valence-electron chi connectivity index (χ3n) is 3.57. The minimum absolute atomic E-state index is 0.197. The van der Waals surface area contributed by atoms with Gasteiger partial charge in [-0.05, 0) is 25.8 Å². The van der Waals surface area contributed by atoms with Gasteiger partial charge in [-0.25, -0.2) is 9.50 Å². The predicted octanol–water partition coefficient (Wildman–Crippen LogP) is 1.50. The van der Waals surface area contributed by atoms with Crippen molar-refractivity contribution in [3.8, 4) is 0 Å². The molecule has 100 valence electrons. The average molecular weight is 259 g/mol. The Morgan fingerprint density at radius 2 is 2.16 bits per heavy atom. The molecule has 1 amide bonds. The Balaban J connectivity index is 1.79. The van der Waals surface area contributed by atoms with Crippen LogP contribution in [0.1, 0.15) is 48.4 Å². The highest BCUT2D eigenvalue weighted by Crippen LogP contribution is 2.17. The first-order valence-electron chi connectivity index (χ1n) is 6.73. The largest absolute Gasteiger partial charge is 0.347 e. The Bertz CT molecular complexity index is 600. The number of carbonyl (C=O) groups is 1. The van der Waals surface area contributed by atoms with E-state index < -0.39 is 0 Å². The van der Waals surface area contributed by atoms with Crippen molar-refractivity contribution in [2.45, 2.75) is 45.1 Å². The zero-order valence-electron chi connectivity index (χ0n) is 11.0. The number of hydrogen-bond acceptors (Lipinski definition) is 4. The molecule has 6 heteroatoms. The Kier molecular flexibility index (Phi) is 3.15. The van der Waals surface area contributed by atoms with Crippen molar-refractivity contribution < 1.29 is 4.79 Å². The van der Waals surface area contributed by atoms with E-state index in [9.17, 15) is 4.79 Å². The van der Waals surface area contributed by atoms with Gasteiger partial charge in [0.1, 0.15) is 0 Å². The molecule has 1 saturated carbocycles. The van der Waals surface area contributed by atoms with Gasteiger partial charge in [0.25, 0.3) is 11.7 Å². The molecule has 0 aliphatic heterocycles. The fraction of sp³-hybridized carbons (Fsp3) is 0.538. The van der Waals surface area contributed by atoms with E-state index in [4.69, 9.17) is 0 Å². The summed E-state index contributed by atoms with van der Waals surface area (Å²) in [6.45, 7) is 1.91. The van der Waals surface area contributed by atoms with Gasteiger partial charge in [-0.1, -0.05) is 19.3 Å². The molecule has 0 saturated heterocycles. The highest BCUT2D eigenvalue weighted by molar-refractivity contribution is 5.91. The van der Waals surface area contributed by atoms with Gasteiger partial charge in [0.2, 0.25) is 5.82 Å². The number of aromatic nitrogens is 4. The third-order valence-corrected chi connectivity index (χ3v) is 3.57. The van der Waals surface area contributed by atoms with Crippen molar-refractivity contribution in [3.05, 3.63) is 23.8 Å². The number of hydrogen-bond donors (Lipinski definition) is 1. The summed E-state index contributed by atoms with van der Waals surface area (Å²) in [7, 11) is 0. The van der Waals surface area contributed by atoms with Gasteiger partial charge in [-0.15, -0.1) is 5.10 Å². The summed E-state index contributed by atoms with van der Waals surface area (Å²) in [6.07, 6.45) is 7.41. The topological polar surface area (TPSA) is 72.2 Å². The van der Waals surface area contributed by atoms with Gasteiger partial charge in [0.15, 0.2) is 0 Å². The van der Waals surface area contributed by atoms with Crippen molar-refractivity contribution in [1.29, 1.82) is 0 Å². The van der Waals surface area contributed by atoms with Crippen molar-refractivity contribution in [2.24, 2.45) is 0 Å². The first-order valence-corrected chi connectivity index (χ1v) is 6.73. The molecule has 0 spiro atoms. The number of nitrogens with one attached hydrogen (secondary N) is 1. The Hall–Kier alpha value is -1.98. The summed E-state index contributed by atoms with van der Waals surface area (Å²) >= 11 is 0. The SMILES string of the molecule is Cc1ccnc2nc(C(=O)NC3CCCCC3)nn12. The van der Waals surface area contributed by atoms with Crippen LogP contribution < -0.4 is 5.32 Å². The molecule has 0 radical (unpaired) electrons. The Morgan fingerprint density at radius 1 is 1.37 bits per heavy atom. The Morgan fingerprint density at radius 3 is 2.89 bits per heavy atom. The van der Waals surface area contributed by atoms with Crippen molar-refractivity contribution in [2.75, 3.05) is 0 Å². The van der Waals surface area contributed by atoms with Crippen LogP contribution in [-0.2, 0) is 0 Å². The molecular formula is C13H17N5O. The second-order valence-electron chi connectivity index (χ2n) is 5.04. The van der Waals surface area contributed by atoms with Gasteiger partial charge < -0.3 is 5.32 Å². The lowest BCUT2D eigenvalue weighted by Crippen LogP contribution is -2.36. The zero-order valence-corrected chi connectivity index (χ0v) is 11.0. The van der Waals surface area contributed by atoms with Gasteiger partial charge >= 0.3 is 0 Å². The number of rotatable bonds is 2. The number of aryl methyl sites for hydroxylation is 1. The van der Waals surface area contributed by atoms with Gasteiger partial charge in [-0.3, -0.25) is 4.79 Å². The second-order valence-corrected chi connectivity index (χ2v) is 5.04. The molecule has 1 aliphatic carbocycles. The summed E-state index contributed by atoms with van der Waals surface area (Å²) in [5.74, 6) is 0.470. The van der Waals surface area contributed by atoms with E-state index in [-0.39, 0.29) is 17.8 Å². The van der Waals surface area contributed by atoms with E-state index in [1.54, 1.807) is 10.7 Å². The summed E-state index contributed by atoms with van der Waals surface area (Å²) in [5.41, 5.74) is 0.911. The first kappa shape index (κ1) is 12.1. The van der Waals surface area contributed by atoms with Crippen LogP contribution in [0.4, 0.5) is 0 Å². The van der Waals surface area contributed by atoms with Gasteiger partial charge in [0, 0.05) is 17.9 Å². The average Bonchev–Trinajstić information content (AvgIpc) is 2.85. The number of amides is 1. The van der Waals surface area contributed by atoms with Gasteiger partial charge in [-0.2, -0.15) is 4.98 Å². The van der Waals surface area contributed by atoms with E-state index >= 15 is 0 Å². The standard InChI is InChI=1S/C13H17N5O/c1-9-7-8-14-13-16-11(17-18(9)13)12(19)15-10-5-3-2-4-6-10/h7-8,10H,2-6H2,1H3,(H,15,19). The summed E-state index contributed by atoms with van der Waals surface area (Å²) < 4.78 is 1.59. The minimum Gasteiger partial charge on any atom is -0.347 e. The van der Waals surface area contributed by atoms with E-state index in [1.165, 1.54) is 19.3 Å². The summed E-state index contributed by atoms with van der Waals surface area (Å²) in [5, 5.41) is 7.22. The lowest BCUT2D eigenvalue weighted by molar-refractivity contribution is 0.0917. The van der Waals surface area contributed by atoms with Crippen molar-refractivity contribution in [3.63, 3.8) is 0 Å². The molecule has 1 fully saturated rings. The monoisotopic (exact) mass is 259 g/mol. The van der Waals surface area contributed by atoms with Crippen molar-refractivity contribution >= 4 is 11.7 Å². The molecule has 0 bridgehead atoms. The second kappa shape index (κ2) is 4.95. The number of carbonyl (C=O) groups excluding carboxylic acids is 1. The van der Waals surface area contributed by atoms with Crippen molar-refractivity contribution in [1.82, 2.24) is 24.9 Å². The Labute approximate surface area is 111 Å². The van der Waals surface area contributed by atoms with Crippen LogP contribution in [0.3, 0.4) is 0 Å². The number of nitrogens with zero attached hydrogens (tertiary/aromatic N) is 4. The fourth-order valence-electron chi connectivity index (χ4n) is 2.50. The maximum Gasteiger partial charge on any atom is 0.291 e. The molecule has 6 nitrogen and oxygen atoms in total. The van der Waals surface area contributed by atoms with Crippen LogP contribution in [-0.4, -0.2) is 31.5 Å². The van der Waals surface area contributed by atoms with Gasteiger partial charge in [0.05, 0.1) is 0 Å². The van der Waals surface area contributed by atoms with E-state index in [1.807, 2.05) is 13.0 Å². The van der Waals surface area contributed by atoms with E-state index in [0.29, 0.717) is 5.78 Å². The molecule has 2 aromatic rings. The smallest absolute Gasteiger partial charge is 0.291 e. The molecular weight excluding hydrogens is 242 g/mol. The highest BCUT2D eigenvalue weighted by Gasteiger charge is 2.20.